The smallest absolute Gasteiger partial charge is 0.338 e. The maximum Gasteiger partial charge on any atom is 0.338 e. The molecule has 0 unspecified atom stereocenters. The Morgan fingerprint density at radius 3 is 2.31 bits per heavy atom. The molecule has 2 rings (SSSR count). The summed E-state index contributed by atoms with van der Waals surface area (Å²) < 4.78 is 43.6. The molecular formula is C20H23FN2O5S. The highest BCUT2D eigenvalue weighted by atomic mass is 32.2. The van der Waals surface area contributed by atoms with E-state index in [1.54, 1.807) is 26.0 Å². The van der Waals surface area contributed by atoms with Crippen LogP contribution in [0.5, 0.6) is 0 Å². The molecule has 0 aliphatic heterocycles. The van der Waals surface area contributed by atoms with Crippen molar-refractivity contribution in [1.29, 1.82) is 0 Å². The topological polar surface area (TPSA) is 92.8 Å². The van der Waals surface area contributed by atoms with E-state index in [2.05, 4.69) is 5.32 Å². The zero-order valence-corrected chi connectivity index (χ0v) is 17.4. The van der Waals surface area contributed by atoms with Crippen molar-refractivity contribution in [2.45, 2.75) is 26.8 Å². The third-order valence-electron chi connectivity index (χ3n) is 4.17. The Hall–Kier alpha value is -2.94. The van der Waals surface area contributed by atoms with Gasteiger partial charge in [0.15, 0.2) is 0 Å². The number of anilines is 2. The molecule has 1 N–H and O–H groups in total. The normalized spacial score (nSPS) is 12.2. The van der Waals surface area contributed by atoms with Gasteiger partial charge in [-0.1, -0.05) is 0 Å². The fourth-order valence-electron chi connectivity index (χ4n) is 2.78. The average molecular weight is 422 g/mol. The summed E-state index contributed by atoms with van der Waals surface area (Å²) in [5.74, 6) is -1.57. The van der Waals surface area contributed by atoms with Gasteiger partial charge in [-0.2, -0.15) is 0 Å². The minimum absolute atomic E-state index is 0.172. The zero-order chi connectivity index (χ0) is 21.8. The predicted octanol–water partition coefficient (Wildman–Crippen LogP) is 3.10. The molecule has 9 heteroatoms. The number of carbonyl (C=O) groups excluding carboxylic acids is 2. The quantitative estimate of drug-likeness (QED) is 0.692. The van der Waals surface area contributed by atoms with Crippen LogP contribution in [0.15, 0.2) is 42.5 Å². The molecule has 1 amide bonds. The number of halogens is 1. The molecule has 2 aromatic rings. The summed E-state index contributed by atoms with van der Waals surface area (Å²) in [7, 11) is -3.81. The maximum atomic E-state index is 13.2. The lowest BCUT2D eigenvalue weighted by molar-refractivity contribution is -0.116. The van der Waals surface area contributed by atoms with Crippen LogP contribution in [0.25, 0.3) is 0 Å². The van der Waals surface area contributed by atoms with Crippen molar-refractivity contribution in [2.75, 3.05) is 22.5 Å². The number of benzene rings is 2. The van der Waals surface area contributed by atoms with E-state index in [1.807, 2.05) is 0 Å². The van der Waals surface area contributed by atoms with E-state index in [4.69, 9.17) is 4.74 Å². The van der Waals surface area contributed by atoms with Gasteiger partial charge in [0.1, 0.15) is 11.9 Å². The van der Waals surface area contributed by atoms with Gasteiger partial charge in [-0.05, 0) is 68.8 Å². The minimum Gasteiger partial charge on any atom is -0.462 e. The van der Waals surface area contributed by atoms with Crippen LogP contribution in [0.2, 0.25) is 0 Å². The molecule has 156 valence electrons. The van der Waals surface area contributed by atoms with E-state index in [9.17, 15) is 22.4 Å². The van der Waals surface area contributed by atoms with Gasteiger partial charge in [0.25, 0.3) is 0 Å². The molecule has 0 bridgehead atoms. The van der Waals surface area contributed by atoms with E-state index < -0.39 is 33.8 Å². The fourth-order valence-corrected chi connectivity index (χ4v) is 3.95. The highest BCUT2D eigenvalue weighted by Crippen LogP contribution is 2.23. The van der Waals surface area contributed by atoms with Crippen LogP contribution in [-0.4, -0.2) is 39.2 Å². The fraction of sp³-hybridized carbons (Fsp3) is 0.300. The Balaban J connectivity index is 2.26. The van der Waals surface area contributed by atoms with Gasteiger partial charge in [0.2, 0.25) is 15.9 Å². The Kier molecular flexibility index (Phi) is 6.97. The first-order valence-electron chi connectivity index (χ1n) is 8.88. The summed E-state index contributed by atoms with van der Waals surface area (Å²) in [5.41, 5.74) is 1.57. The molecule has 7 nitrogen and oxygen atoms in total. The molecule has 2 aromatic carbocycles. The Morgan fingerprint density at radius 2 is 1.79 bits per heavy atom. The number of ether oxygens (including phenoxy) is 1. The number of sulfonamides is 1. The number of nitrogens with zero attached hydrogens (tertiary/aromatic N) is 1. The first-order valence-corrected chi connectivity index (χ1v) is 10.7. The molecule has 0 aliphatic rings. The molecule has 0 heterocycles. The second-order valence-corrected chi connectivity index (χ2v) is 8.31. The van der Waals surface area contributed by atoms with E-state index in [-0.39, 0.29) is 12.3 Å². The van der Waals surface area contributed by atoms with E-state index in [0.717, 1.165) is 22.7 Å². The second kappa shape index (κ2) is 9.04. The summed E-state index contributed by atoms with van der Waals surface area (Å²) in [6.45, 7) is 5.09. The third-order valence-corrected chi connectivity index (χ3v) is 5.41. The van der Waals surface area contributed by atoms with Gasteiger partial charge in [-0.3, -0.25) is 9.10 Å². The number of nitrogens with one attached hydrogen (secondary N) is 1. The summed E-state index contributed by atoms with van der Waals surface area (Å²) in [6.07, 6.45) is 0.972. The van der Waals surface area contributed by atoms with E-state index in [0.29, 0.717) is 16.8 Å². The standard InChI is InChI=1S/C20H23FN2O5S/c1-5-28-20(25)15-6-11-18(13(2)12-15)22-19(24)14(3)23(29(4,26)27)17-9-7-16(21)8-10-17/h6-12,14H,5H2,1-4H3,(H,22,24)/t14-/m1/s1. The van der Waals surface area contributed by atoms with Gasteiger partial charge >= 0.3 is 5.97 Å². The highest BCUT2D eigenvalue weighted by Gasteiger charge is 2.29. The molecule has 0 aliphatic carbocycles. The summed E-state index contributed by atoms with van der Waals surface area (Å²) in [5, 5.41) is 2.67. The number of carbonyl (C=O) groups is 2. The number of hydrogen-bond acceptors (Lipinski definition) is 5. The molecular weight excluding hydrogens is 399 g/mol. The highest BCUT2D eigenvalue weighted by molar-refractivity contribution is 7.92. The van der Waals surface area contributed by atoms with Crippen molar-refractivity contribution in [3.8, 4) is 0 Å². The minimum atomic E-state index is -3.81. The van der Waals surface area contributed by atoms with Crippen molar-refractivity contribution >= 4 is 33.3 Å². The number of amides is 1. The zero-order valence-electron chi connectivity index (χ0n) is 16.6. The van der Waals surface area contributed by atoms with Gasteiger partial charge in [0.05, 0.1) is 24.1 Å². The van der Waals surface area contributed by atoms with Gasteiger partial charge in [-0.25, -0.2) is 17.6 Å². The molecule has 0 fully saturated rings. The molecule has 0 radical (unpaired) electrons. The Bertz CT molecular complexity index is 1010. The SMILES string of the molecule is CCOC(=O)c1ccc(NC(=O)[C@@H](C)N(c2ccc(F)cc2)S(C)(=O)=O)c(C)c1. The number of esters is 1. The molecule has 0 aromatic heterocycles. The maximum absolute atomic E-state index is 13.2. The molecule has 0 saturated carbocycles. The summed E-state index contributed by atoms with van der Waals surface area (Å²) >= 11 is 0. The lowest BCUT2D eigenvalue weighted by Gasteiger charge is -2.28. The Morgan fingerprint density at radius 1 is 1.17 bits per heavy atom. The summed E-state index contributed by atoms with van der Waals surface area (Å²) in [4.78, 5) is 24.5. The van der Waals surface area contributed by atoms with Crippen molar-refractivity contribution < 1.29 is 27.1 Å². The van der Waals surface area contributed by atoms with Crippen LogP contribution in [0.1, 0.15) is 29.8 Å². The van der Waals surface area contributed by atoms with E-state index in [1.165, 1.54) is 25.1 Å². The monoisotopic (exact) mass is 422 g/mol. The van der Waals surface area contributed by atoms with Crippen LogP contribution in [0.4, 0.5) is 15.8 Å². The summed E-state index contributed by atoms with van der Waals surface area (Å²) in [6, 6.07) is 8.37. The van der Waals surface area contributed by atoms with Crippen molar-refractivity contribution in [2.24, 2.45) is 0 Å². The van der Waals surface area contributed by atoms with Crippen molar-refractivity contribution in [3.05, 3.63) is 59.4 Å². The van der Waals surface area contributed by atoms with Gasteiger partial charge in [0, 0.05) is 5.69 Å². The first-order chi connectivity index (χ1) is 13.5. The lowest BCUT2D eigenvalue weighted by atomic mass is 10.1. The molecule has 0 saturated heterocycles. The van der Waals surface area contributed by atoms with E-state index >= 15 is 0 Å². The van der Waals surface area contributed by atoms with Crippen molar-refractivity contribution in [1.82, 2.24) is 0 Å². The van der Waals surface area contributed by atoms with Crippen LogP contribution >= 0.6 is 0 Å². The van der Waals surface area contributed by atoms with Gasteiger partial charge < -0.3 is 10.1 Å². The first kappa shape index (κ1) is 22.4. The second-order valence-electron chi connectivity index (χ2n) is 6.45. The molecule has 1 atom stereocenters. The van der Waals surface area contributed by atoms with Gasteiger partial charge in [-0.15, -0.1) is 0 Å². The van der Waals surface area contributed by atoms with Crippen LogP contribution in [0, 0.1) is 12.7 Å². The Labute approximate surface area is 169 Å². The largest absolute Gasteiger partial charge is 0.462 e. The van der Waals surface area contributed by atoms with Crippen LogP contribution in [0.3, 0.4) is 0 Å². The lowest BCUT2D eigenvalue weighted by Crippen LogP contribution is -2.45. The van der Waals surface area contributed by atoms with Crippen LogP contribution < -0.4 is 9.62 Å². The number of rotatable bonds is 7. The van der Waals surface area contributed by atoms with Crippen molar-refractivity contribution in [3.63, 3.8) is 0 Å². The number of hydrogen-bond donors (Lipinski definition) is 1. The third kappa shape index (κ3) is 5.54. The number of aryl methyl sites for hydroxylation is 1. The van der Waals surface area contributed by atoms with Crippen LogP contribution in [-0.2, 0) is 19.6 Å². The average Bonchev–Trinajstić information content (AvgIpc) is 2.64. The molecule has 29 heavy (non-hydrogen) atoms. The predicted molar refractivity (Wildman–Crippen MR) is 109 cm³/mol. The molecule has 0 spiro atoms.